The highest BCUT2D eigenvalue weighted by atomic mass is 79.9. The molecule has 0 fully saturated rings. The number of hydrogen-bond acceptors (Lipinski definition) is 2. The van der Waals surface area contributed by atoms with Gasteiger partial charge in [0.05, 0.1) is 12.2 Å². The van der Waals surface area contributed by atoms with Gasteiger partial charge in [-0.15, -0.1) is 11.6 Å². The Bertz CT molecular complexity index is 352. The molecular formula is C11H12BrClO2. The third-order valence-corrected chi connectivity index (χ3v) is 2.50. The van der Waals surface area contributed by atoms with Gasteiger partial charge < -0.3 is 4.74 Å². The maximum absolute atomic E-state index is 11.5. The van der Waals surface area contributed by atoms with Gasteiger partial charge in [-0.2, -0.15) is 0 Å². The van der Waals surface area contributed by atoms with Gasteiger partial charge >= 0.3 is 5.97 Å². The van der Waals surface area contributed by atoms with Gasteiger partial charge in [-0.3, -0.25) is 0 Å². The molecule has 0 heterocycles. The van der Waals surface area contributed by atoms with Crippen LogP contribution in [0.25, 0.3) is 0 Å². The molecule has 0 aliphatic heterocycles. The second-order valence-electron chi connectivity index (χ2n) is 3.01. The van der Waals surface area contributed by atoms with Crippen molar-refractivity contribution in [1.82, 2.24) is 0 Å². The van der Waals surface area contributed by atoms with Gasteiger partial charge in [-0.05, 0) is 37.1 Å². The number of benzene rings is 1. The van der Waals surface area contributed by atoms with Gasteiger partial charge in [-0.1, -0.05) is 15.9 Å². The van der Waals surface area contributed by atoms with Crippen molar-refractivity contribution < 1.29 is 9.53 Å². The topological polar surface area (TPSA) is 26.3 Å². The molecule has 1 aromatic carbocycles. The van der Waals surface area contributed by atoms with Crippen LogP contribution < -0.4 is 0 Å². The van der Waals surface area contributed by atoms with Crippen LogP contribution in [0.2, 0.25) is 0 Å². The van der Waals surface area contributed by atoms with Crippen LogP contribution in [0.15, 0.2) is 22.7 Å². The second kappa shape index (κ2) is 6.13. The second-order valence-corrected chi connectivity index (χ2v) is 4.30. The van der Waals surface area contributed by atoms with Gasteiger partial charge in [0.25, 0.3) is 0 Å². The lowest BCUT2D eigenvalue weighted by molar-refractivity contribution is 0.0526. The molecule has 1 rings (SSSR count). The van der Waals surface area contributed by atoms with E-state index in [1.165, 1.54) is 0 Å². The first kappa shape index (κ1) is 12.5. The molecule has 0 bridgehead atoms. The van der Waals surface area contributed by atoms with Crippen molar-refractivity contribution in [2.24, 2.45) is 0 Å². The number of aryl methyl sites for hydroxylation is 1. The van der Waals surface area contributed by atoms with Gasteiger partial charge in [0.15, 0.2) is 0 Å². The van der Waals surface area contributed by atoms with Crippen LogP contribution in [0.1, 0.15) is 22.8 Å². The molecule has 0 radical (unpaired) electrons. The summed E-state index contributed by atoms with van der Waals surface area (Å²) in [6.45, 7) is 2.17. The summed E-state index contributed by atoms with van der Waals surface area (Å²) in [6.07, 6.45) is 0.743. The number of carbonyl (C=O) groups excluding carboxylic acids is 1. The minimum absolute atomic E-state index is 0.297. The van der Waals surface area contributed by atoms with E-state index in [1.54, 1.807) is 13.0 Å². The maximum atomic E-state index is 11.5. The fourth-order valence-corrected chi connectivity index (χ4v) is 2.00. The molecule has 0 amide bonds. The van der Waals surface area contributed by atoms with Crippen molar-refractivity contribution in [3.8, 4) is 0 Å². The van der Waals surface area contributed by atoms with Gasteiger partial charge in [0.1, 0.15) is 0 Å². The zero-order valence-electron chi connectivity index (χ0n) is 8.43. The fraction of sp³-hybridized carbons (Fsp3) is 0.364. The molecule has 4 heteroatoms. The summed E-state index contributed by atoms with van der Waals surface area (Å²) in [5.74, 6) is 0.244. The third kappa shape index (κ3) is 3.84. The van der Waals surface area contributed by atoms with Crippen LogP contribution in [-0.4, -0.2) is 18.5 Å². The zero-order valence-corrected chi connectivity index (χ0v) is 10.8. The number of alkyl halides is 1. The Morgan fingerprint density at radius 1 is 1.47 bits per heavy atom. The monoisotopic (exact) mass is 290 g/mol. The minimum atomic E-state index is -0.297. The van der Waals surface area contributed by atoms with E-state index >= 15 is 0 Å². The standard InChI is InChI=1S/C11H12BrClO2/c1-2-15-11(14)9-5-8(3-4-13)6-10(12)7-9/h5-7H,2-4H2,1H3. The molecule has 0 unspecified atom stereocenters. The lowest BCUT2D eigenvalue weighted by Crippen LogP contribution is -2.05. The van der Waals surface area contributed by atoms with Crippen molar-refractivity contribution >= 4 is 33.5 Å². The molecular weight excluding hydrogens is 279 g/mol. The third-order valence-electron chi connectivity index (χ3n) is 1.85. The Balaban J connectivity index is 2.92. The van der Waals surface area contributed by atoms with E-state index in [4.69, 9.17) is 16.3 Å². The van der Waals surface area contributed by atoms with Crippen LogP contribution in [0.4, 0.5) is 0 Å². The first-order valence-corrected chi connectivity index (χ1v) is 6.02. The maximum Gasteiger partial charge on any atom is 0.338 e. The van der Waals surface area contributed by atoms with Crippen molar-refractivity contribution in [3.63, 3.8) is 0 Å². The Morgan fingerprint density at radius 2 is 2.20 bits per heavy atom. The molecule has 0 aliphatic rings. The molecule has 0 saturated heterocycles. The SMILES string of the molecule is CCOC(=O)c1cc(Br)cc(CCCl)c1. The molecule has 0 atom stereocenters. The van der Waals surface area contributed by atoms with Crippen molar-refractivity contribution in [2.75, 3.05) is 12.5 Å². The Morgan fingerprint density at radius 3 is 2.80 bits per heavy atom. The zero-order chi connectivity index (χ0) is 11.3. The summed E-state index contributed by atoms with van der Waals surface area (Å²) in [5.41, 5.74) is 1.59. The van der Waals surface area contributed by atoms with Gasteiger partial charge in [0, 0.05) is 10.4 Å². The van der Waals surface area contributed by atoms with E-state index < -0.39 is 0 Å². The van der Waals surface area contributed by atoms with E-state index in [0.717, 1.165) is 16.5 Å². The molecule has 1 aromatic rings. The summed E-state index contributed by atoms with van der Waals surface area (Å²) < 4.78 is 5.79. The largest absolute Gasteiger partial charge is 0.462 e. The molecule has 15 heavy (non-hydrogen) atoms. The normalized spacial score (nSPS) is 10.1. The summed E-state index contributed by atoms with van der Waals surface area (Å²) in [7, 11) is 0. The van der Waals surface area contributed by atoms with Crippen LogP contribution in [0, 0.1) is 0 Å². The molecule has 0 spiro atoms. The van der Waals surface area contributed by atoms with Crippen LogP contribution in [0.5, 0.6) is 0 Å². The average molecular weight is 292 g/mol. The number of halogens is 2. The predicted molar refractivity (Wildman–Crippen MR) is 64.5 cm³/mol. The summed E-state index contributed by atoms with van der Waals surface area (Å²) >= 11 is 9.00. The highest BCUT2D eigenvalue weighted by Crippen LogP contribution is 2.17. The van der Waals surface area contributed by atoms with E-state index in [9.17, 15) is 4.79 Å². The first-order valence-electron chi connectivity index (χ1n) is 4.70. The van der Waals surface area contributed by atoms with Crippen LogP contribution in [0.3, 0.4) is 0 Å². The highest BCUT2D eigenvalue weighted by Gasteiger charge is 2.08. The minimum Gasteiger partial charge on any atom is -0.462 e. The Hall–Kier alpha value is -0.540. The fourth-order valence-electron chi connectivity index (χ4n) is 1.24. The number of rotatable bonds is 4. The lowest BCUT2D eigenvalue weighted by Gasteiger charge is -2.05. The number of esters is 1. The molecule has 0 aromatic heterocycles. The Kier molecular flexibility index (Phi) is 5.12. The van der Waals surface area contributed by atoms with E-state index in [0.29, 0.717) is 18.1 Å². The first-order chi connectivity index (χ1) is 7.17. The van der Waals surface area contributed by atoms with Crippen LogP contribution in [-0.2, 0) is 11.2 Å². The molecule has 0 N–H and O–H groups in total. The van der Waals surface area contributed by atoms with Crippen molar-refractivity contribution in [2.45, 2.75) is 13.3 Å². The number of hydrogen-bond donors (Lipinski definition) is 0. The van der Waals surface area contributed by atoms with Gasteiger partial charge in [-0.25, -0.2) is 4.79 Å². The van der Waals surface area contributed by atoms with Crippen molar-refractivity contribution in [3.05, 3.63) is 33.8 Å². The molecule has 0 aliphatic carbocycles. The molecule has 82 valence electrons. The van der Waals surface area contributed by atoms with Crippen LogP contribution >= 0.6 is 27.5 Å². The van der Waals surface area contributed by atoms with Crippen molar-refractivity contribution in [1.29, 1.82) is 0 Å². The highest BCUT2D eigenvalue weighted by molar-refractivity contribution is 9.10. The average Bonchev–Trinajstić information content (AvgIpc) is 2.17. The van der Waals surface area contributed by atoms with E-state index in [2.05, 4.69) is 15.9 Å². The van der Waals surface area contributed by atoms with E-state index in [-0.39, 0.29) is 5.97 Å². The predicted octanol–water partition coefficient (Wildman–Crippen LogP) is 3.41. The Labute approximate surface area is 103 Å². The summed E-state index contributed by atoms with van der Waals surface area (Å²) in [6, 6.07) is 5.51. The summed E-state index contributed by atoms with van der Waals surface area (Å²) in [5, 5.41) is 0. The lowest BCUT2D eigenvalue weighted by atomic mass is 10.1. The van der Waals surface area contributed by atoms with E-state index in [1.807, 2.05) is 12.1 Å². The van der Waals surface area contributed by atoms with Gasteiger partial charge in [0.2, 0.25) is 0 Å². The molecule has 2 nitrogen and oxygen atoms in total. The number of carbonyl (C=O) groups is 1. The smallest absolute Gasteiger partial charge is 0.338 e. The summed E-state index contributed by atoms with van der Waals surface area (Å²) in [4.78, 5) is 11.5. The molecule has 0 saturated carbocycles. The number of ether oxygens (including phenoxy) is 1. The quantitative estimate of drug-likeness (QED) is 0.628.